The van der Waals surface area contributed by atoms with Gasteiger partial charge < -0.3 is 0 Å². The molecule has 19 heavy (non-hydrogen) atoms. The number of benzene rings is 1. The zero-order valence-electron chi connectivity index (χ0n) is 9.68. The van der Waals surface area contributed by atoms with Crippen LogP contribution in [0.25, 0.3) is 0 Å². The van der Waals surface area contributed by atoms with E-state index in [4.69, 9.17) is 23.2 Å². The van der Waals surface area contributed by atoms with Crippen molar-refractivity contribution in [1.29, 1.82) is 0 Å². The number of halogens is 2. The Bertz CT molecular complexity index is 615. The molecule has 1 aromatic heterocycles. The van der Waals surface area contributed by atoms with E-state index in [0.717, 1.165) is 0 Å². The minimum absolute atomic E-state index is 0.293. The minimum atomic E-state index is -0.387. The molecule has 2 rings (SSSR count). The van der Waals surface area contributed by atoms with Crippen LogP contribution in [0.15, 0.2) is 47.7 Å². The van der Waals surface area contributed by atoms with Crippen LogP contribution in [0.2, 0.25) is 10.0 Å². The van der Waals surface area contributed by atoms with Crippen molar-refractivity contribution in [2.75, 3.05) is 0 Å². The molecule has 0 saturated carbocycles. The minimum Gasteiger partial charge on any atom is -0.266 e. The fraction of sp³-hybridized carbons (Fsp3) is 0. The summed E-state index contributed by atoms with van der Waals surface area (Å²) in [5, 5.41) is 4.82. The average Bonchev–Trinajstić information content (AvgIpc) is 2.42. The molecule has 1 heterocycles. The number of carbonyl (C=O) groups is 1. The lowest BCUT2D eigenvalue weighted by molar-refractivity contribution is 0.0950. The van der Waals surface area contributed by atoms with E-state index in [1.807, 2.05) is 0 Å². The van der Waals surface area contributed by atoms with Gasteiger partial charge >= 0.3 is 0 Å². The van der Waals surface area contributed by atoms with Crippen molar-refractivity contribution in [3.8, 4) is 0 Å². The molecule has 1 N–H and O–H groups in total. The van der Waals surface area contributed by atoms with E-state index in [-0.39, 0.29) is 5.91 Å². The molecule has 1 aromatic carbocycles. The number of hydrogen-bond acceptors (Lipinski definition) is 3. The zero-order valence-corrected chi connectivity index (χ0v) is 11.2. The summed E-state index contributed by atoms with van der Waals surface area (Å²) in [5.74, 6) is -0.387. The Balaban J connectivity index is 2.02. The van der Waals surface area contributed by atoms with Crippen LogP contribution in [0.4, 0.5) is 0 Å². The van der Waals surface area contributed by atoms with Gasteiger partial charge in [0.2, 0.25) is 0 Å². The summed E-state index contributed by atoms with van der Waals surface area (Å²) in [6.07, 6.45) is 2.98. The first-order valence-corrected chi connectivity index (χ1v) is 6.12. The molecule has 0 aliphatic rings. The smallest absolute Gasteiger partial charge is 0.266 e. The van der Waals surface area contributed by atoms with Gasteiger partial charge in [0.05, 0.1) is 11.2 Å². The highest BCUT2D eigenvalue weighted by Gasteiger charge is 2.04. The van der Waals surface area contributed by atoms with E-state index in [9.17, 15) is 4.79 Å². The number of nitrogens with zero attached hydrogens (tertiary/aromatic N) is 2. The van der Waals surface area contributed by atoms with E-state index in [1.54, 1.807) is 36.4 Å². The van der Waals surface area contributed by atoms with Crippen molar-refractivity contribution in [2.45, 2.75) is 0 Å². The molecule has 6 heteroatoms. The Morgan fingerprint density at radius 1 is 1.26 bits per heavy atom. The maximum atomic E-state index is 11.6. The molecule has 96 valence electrons. The molecule has 2 aromatic rings. The molecule has 0 atom stereocenters. The van der Waals surface area contributed by atoms with Gasteiger partial charge in [-0.1, -0.05) is 35.3 Å². The van der Waals surface area contributed by atoms with Crippen LogP contribution < -0.4 is 5.43 Å². The molecule has 0 bridgehead atoms. The summed E-state index contributed by atoms with van der Waals surface area (Å²) >= 11 is 11.7. The van der Waals surface area contributed by atoms with Gasteiger partial charge in [0.1, 0.15) is 5.69 Å². The van der Waals surface area contributed by atoms with Crippen molar-refractivity contribution in [2.24, 2.45) is 5.10 Å². The van der Waals surface area contributed by atoms with E-state index >= 15 is 0 Å². The van der Waals surface area contributed by atoms with Gasteiger partial charge in [-0.05, 0) is 24.3 Å². The highest BCUT2D eigenvalue weighted by molar-refractivity contribution is 6.36. The Hall–Kier alpha value is -1.91. The first-order valence-electron chi connectivity index (χ1n) is 5.36. The third kappa shape index (κ3) is 3.77. The van der Waals surface area contributed by atoms with Crippen LogP contribution in [0.3, 0.4) is 0 Å². The normalized spacial score (nSPS) is 10.6. The highest BCUT2D eigenvalue weighted by atomic mass is 35.5. The molecule has 1 amide bonds. The fourth-order valence-corrected chi connectivity index (χ4v) is 1.78. The summed E-state index contributed by atoms with van der Waals surface area (Å²) in [7, 11) is 0. The Morgan fingerprint density at radius 3 is 2.79 bits per heavy atom. The first-order chi connectivity index (χ1) is 9.16. The molecular formula is C13H9Cl2N3O. The van der Waals surface area contributed by atoms with Gasteiger partial charge in [0, 0.05) is 16.8 Å². The standard InChI is InChI=1S/C13H9Cl2N3O/c14-10-5-4-9(11(15)7-10)8-17-18-13(19)12-3-1-2-6-16-12/h1-8H,(H,18,19). The van der Waals surface area contributed by atoms with Crippen LogP contribution in [-0.4, -0.2) is 17.1 Å². The van der Waals surface area contributed by atoms with Crippen LogP contribution in [-0.2, 0) is 0 Å². The molecule has 0 spiro atoms. The second kappa shape index (κ2) is 6.31. The van der Waals surface area contributed by atoms with Crippen LogP contribution in [0, 0.1) is 0 Å². The maximum Gasteiger partial charge on any atom is 0.289 e. The van der Waals surface area contributed by atoms with Gasteiger partial charge in [0.25, 0.3) is 5.91 Å². The summed E-state index contributed by atoms with van der Waals surface area (Å²) < 4.78 is 0. The third-order valence-electron chi connectivity index (χ3n) is 2.23. The largest absolute Gasteiger partial charge is 0.289 e. The molecule has 0 unspecified atom stereocenters. The average molecular weight is 294 g/mol. The zero-order chi connectivity index (χ0) is 13.7. The van der Waals surface area contributed by atoms with Crippen molar-refractivity contribution in [3.63, 3.8) is 0 Å². The number of amides is 1. The number of rotatable bonds is 3. The molecule has 0 radical (unpaired) electrons. The van der Waals surface area contributed by atoms with Crippen LogP contribution in [0.1, 0.15) is 16.1 Å². The SMILES string of the molecule is O=C(NN=Cc1ccc(Cl)cc1Cl)c1ccccn1. The second-order valence-corrected chi connectivity index (χ2v) is 4.42. The van der Waals surface area contributed by atoms with Gasteiger partial charge in [-0.2, -0.15) is 5.10 Å². The Kier molecular flexibility index (Phi) is 4.49. The summed E-state index contributed by atoms with van der Waals surface area (Å²) in [4.78, 5) is 15.5. The molecule has 0 saturated heterocycles. The van der Waals surface area contributed by atoms with Crippen LogP contribution in [0.5, 0.6) is 0 Å². The van der Waals surface area contributed by atoms with Gasteiger partial charge in [-0.3, -0.25) is 9.78 Å². The molecule has 0 fully saturated rings. The number of aromatic nitrogens is 1. The van der Waals surface area contributed by atoms with E-state index < -0.39 is 0 Å². The monoisotopic (exact) mass is 293 g/mol. The van der Waals surface area contributed by atoms with Gasteiger partial charge in [0.15, 0.2) is 0 Å². The van der Waals surface area contributed by atoms with E-state index in [1.165, 1.54) is 12.4 Å². The predicted molar refractivity (Wildman–Crippen MR) is 75.8 cm³/mol. The van der Waals surface area contributed by atoms with Gasteiger partial charge in [-0.15, -0.1) is 0 Å². The number of nitrogens with one attached hydrogen (secondary N) is 1. The fourth-order valence-electron chi connectivity index (χ4n) is 1.32. The van der Waals surface area contributed by atoms with Crippen LogP contribution >= 0.6 is 23.2 Å². The highest BCUT2D eigenvalue weighted by Crippen LogP contribution is 2.19. The lowest BCUT2D eigenvalue weighted by Crippen LogP contribution is -2.18. The second-order valence-electron chi connectivity index (χ2n) is 3.58. The first kappa shape index (κ1) is 13.5. The number of carbonyl (C=O) groups excluding carboxylic acids is 1. The van der Waals surface area contributed by atoms with E-state index in [2.05, 4.69) is 15.5 Å². The topological polar surface area (TPSA) is 54.4 Å². The summed E-state index contributed by atoms with van der Waals surface area (Å²) in [6.45, 7) is 0. The lowest BCUT2D eigenvalue weighted by Gasteiger charge is -1.99. The molecule has 0 aliphatic heterocycles. The number of hydrazone groups is 1. The summed E-state index contributed by atoms with van der Waals surface area (Å²) in [5.41, 5.74) is 3.32. The maximum absolute atomic E-state index is 11.6. The predicted octanol–water partition coefficient (Wildman–Crippen LogP) is 3.15. The number of hydrogen-bond donors (Lipinski definition) is 1. The third-order valence-corrected chi connectivity index (χ3v) is 2.79. The summed E-state index contributed by atoms with van der Waals surface area (Å²) in [6, 6.07) is 10.1. The Labute approximate surface area is 120 Å². The number of pyridine rings is 1. The van der Waals surface area contributed by atoms with E-state index in [0.29, 0.717) is 21.3 Å². The molecular weight excluding hydrogens is 285 g/mol. The van der Waals surface area contributed by atoms with Crippen molar-refractivity contribution in [3.05, 3.63) is 63.9 Å². The van der Waals surface area contributed by atoms with Gasteiger partial charge in [-0.25, -0.2) is 5.43 Å². The Morgan fingerprint density at radius 2 is 2.11 bits per heavy atom. The molecule has 0 aliphatic carbocycles. The quantitative estimate of drug-likeness (QED) is 0.698. The molecule has 4 nitrogen and oxygen atoms in total. The lowest BCUT2D eigenvalue weighted by atomic mass is 10.2. The van der Waals surface area contributed by atoms with Crippen molar-refractivity contribution < 1.29 is 4.79 Å². The van der Waals surface area contributed by atoms with Crippen molar-refractivity contribution in [1.82, 2.24) is 10.4 Å². The van der Waals surface area contributed by atoms with Crippen molar-refractivity contribution >= 4 is 35.3 Å².